The van der Waals surface area contributed by atoms with Crippen LogP contribution in [-0.2, 0) is 20.1 Å². The Balaban J connectivity index is 1.48. The average molecular weight is 391 g/mol. The van der Waals surface area contributed by atoms with Crippen molar-refractivity contribution in [1.82, 2.24) is 9.97 Å². The highest BCUT2D eigenvalue weighted by Crippen LogP contribution is 2.18. The molecule has 0 radical (unpaired) electrons. The van der Waals surface area contributed by atoms with Crippen molar-refractivity contribution in [2.24, 2.45) is 0 Å². The first-order chi connectivity index (χ1) is 12.5. The van der Waals surface area contributed by atoms with Gasteiger partial charge in [0.15, 0.2) is 6.10 Å². The molecule has 0 fully saturated rings. The number of rotatable bonds is 7. The number of benzene rings is 1. The van der Waals surface area contributed by atoms with Crippen LogP contribution in [0, 0.1) is 0 Å². The third-order valence-electron chi connectivity index (χ3n) is 3.51. The predicted octanol–water partition coefficient (Wildman–Crippen LogP) is 2.72. The number of H-pyrrole nitrogens is 2. The number of carbonyl (C=O) groups excluding carboxylic acids is 2. The number of aromatic nitrogens is 2. The molecule has 2 heterocycles. The minimum Gasteiger partial charge on any atom is -0.452 e. The molecule has 26 heavy (non-hydrogen) atoms. The number of imidazole rings is 1. The van der Waals surface area contributed by atoms with Gasteiger partial charge in [0.2, 0.25) is 0 Å². The van der Waals surface area contributed by atoms with Crippen LogP contribution in [-0.4, -0.2) is 33.7 Å². The minimum absolute atomic E-state index is 0.187. The third-order valence-corrected chi connectivity index (χ3v) is 5.52. The van der Waals surface area contributed by atoms with Gasteiger partial charge in [-0.2, -0.15) is 0 Å². The van der Waals surface area contributed by atoms with Crippen LogP contribution in [0.4, 0.5) is 5.69 Å². The van der Waals surface area contributed by atoms with Crippen LogP contribution in [0.25, 0.3) is 11.0 Å². The highest BCUT2D eigenvalue weighted by molar-refractivity contribution is 7.99. The molecule has 0 aliphatic heterocycles. The number of amides is 1. The number of carbonyl (C=O) groups is 2. The molecular weight excluding hydrogens is 374 g/mol. The number of fused-ring (bicyclic) bond motifs is 1. The van der Waals surface area contributed by atoms with Crippen molar-refractivity contribution in [3.63, 3.8) is 0 Å². The van der Waals surface area contributed by atoms with Crippen molar-refractivity contribution < 1.29 is 14.3 Å². The smallest absolute Gasteiger partial charge is 0.323 e. The number of hydrogen-bond acceptors (Lipinski definition) is 6. The summed E-state index contributed by atoms with van der Waals surface area (Å²) in [7, 11) is 0. The van der Waals surface area contributed by atoms with Gasteiger partial charge in [-0.3, -0.25) is 9.59 Å². The maximum atomic E-state index is 12.2. The number of esters is 1. The highest BCUT2D eigenvalue weighted by atomic mass is 32.2. The van der Waals surface area contributed by atoms with E-state index >= 15 is 0 Å². The summed E-state index contributed by atoms with van der Waals surface area (Å²) in [5.41, 5.74) is 1.43. The van der Waals surface area contributed by atoms with E-state index in [2.05, 4.69) is 15.3 Å². The molecule has 1 aromatic carbocycles. The maximum absolute atomic E-state index is 12.2. The molecule has 1 amide bonds. The van der Waals surface area contributed by atoms with Gasteiger partial charge in [0.05, 0.1) is 16.8 Å². The van der Waals surface area contributed by atoms with Crippen LogP contribution in [0.1, 0.15) is 11.8 Å². The van der Waals surface area contributed by atoms with E-state index in [-0.39, 0.29) is 11.4 Å². The lowest BCUT2D eigenvalue weighted by Crippen LogP contribution is -2.30. The molecule has 2 aromatic heterocycles. The second-order valence-corrected chi connectivity index (χ2v) is 7.55. The third kappa shape index (κ3) is 4.77. The van der Waals surface area contributed by atoms with Gasteiger partial charge in [0.1, 0.15) is 0 Å². The van der Waals surface area contributed by atoms with Gasteiger partial charge in [-0.1, -0.05) is 6.07 Å². The molecule has 1 atom stereocenters. The van der Waals surface area contributed by atoms with Crippen LogP contribution in [0.2, 0.25) is 0 Å². The molecule has 3 N–H and O–H groups in total. The van der Waals surface area contributed by atoms with Gasteiger partial charge >= 0.3 is 11.7 Å². The van der Waals surface area contributed by atoms with E-state index in [4.69, 9.17) is 4.74 Å². The van der Waals surface area contributed by atoms with Crippen molar-refractivity contribution >= 4 is 51.7 Å². The molecular formula is C17H17N3O4S2. The summed E-state index contributed by atoms with van der Waals surface area (Å²) in [6, 6.07) is 8.95. The fourth-order valence-electron chi connectivity index (χ4n) is 2.27. The molecule has 0 aliphatic carbocycles. The van der Waals surface area contributed by atoms with Crippen LogP contribution in [0.3, 0.4) is 0 Å². The maximum Gasteiger partial charge on any atom is 0.323 e. The molecule has 0 spiro atoms. The summed E-state index contributed by atoms with van der Waals surface area (Å²) in [6.07, 6.45) is -0.911. The van der Waals surface area contributed by atoms with Crippen molar-refractivity contribution in [3.05, 3.63) is 51.1 Å². The number of nitrogens with one attached hydrogen (secondary N) is 3. The fourth-order valence-corrected chi connectivity index (χ4v) is 3.91. The minimum atomic E-state index is -0.911. The van der Waals surface area contributed by atoms with E-state index in [1.807, 2.05) is 17.5 Å². The Hall–Kier alpha value is -2.52. The van der Waals surface area contributed by atoms with Crippen LogP contribution >= 0.6 is 23.1 Å². The number of hydrogen-bond donors (Lipinski definition) is 3. The Kier molecular flexibility index (Phi) is 5.79. The molecule has 0 saturated heterocycles. The topological polar surface area (TPSA) is 104 Å². The molecule has 0 unspecified atom stereocenters. The van der Waals surface area contributed by atoms with Crippen molar-refractivity contribution in [1.29, 1.82) is 0 Å². The van der Waals surface area contributed by atoms with Gasteiger partial charge < -0.3 is 20.0 Å². The zero-order valence-corrected chi connectivity index (χ0v) is 15.5. The van der Waals surface area contributed by atoms with Crippen molar-refractivity contribution in [2.45, 2.75) is 18.8 Å². The molecule has 0 bridgehead atoms. The first-order valence-corrected chi connectivity index (χ1v) is 9.87. The Labute approximate surface area is 157 Å². The molecule has 3 aromatic rings. The fraction of sp³-hybridized carbons (Fsp3) is 0.235. The van der Waals surface area contributed by atoms with Gasteiger partial charge in [-0.25, -0.2) is 4.79 Å². The Bertz CT molecular complexity index is 962. The monoisotopic (exact) mass is 391 g/mol. The molecule has 0 aliphatic rings. The number of ether oxygens (including phenoxy) is 1. The number of anilines is 1. The predicted molar refractivity (Wildman–Crippen MR) is 104 cm³/mol. The first-order valence-electron chi connectivity index (χ1n) is 7.84. The standard InChI is InChI=1S/C17H17N3O4S2/c1-10(24-15(21)9-25-8-12-3-2-6-26-12)16(22)18-11-4-5-13-14(7-11)20-17(23)19-13/h2-7,10H,8-9H2,1H3,(H,18,22)(H2,19,20,23)/t10-/m0/s1. The lowest BCUT2D eigenvalue weighted by atomic mass is 10.2. The van der Waals surface area contributed by atoms with E-state index in [0.29, 0.717) is 16.7 Å². The largest absolute Gasteiger partial charge is 0.452 e. The van der Waals surface area contributed by atoms with Gasteiger partial charge in [0.25, 0.3) is 5.91 Å². The van der Waals surface area contributed by atoms with E-state index in [1.54, 1.807) is 29.5 Å². The van der Waals surface area contributed by atoms with Gasteiger partial charge in [-0.05, 0) is 36.6 Å². The highest BCUT2D eigenvalue weighted by Gasteiger charge is 2.18. The molecule has 0 saturated carbocycles. The van der Waals surface area contributed by atoms with Crippen molar-refractivity contribution in [3.8, 4) is 0 Å². The van der Waals surface area contributed by atoms with Crippen molar-refractivity contribution in [2.75, 3.05) is 11.1 Å². The van der Waals surface area contributed by atoms with E-state index < -0.39 is 18.0 Å². The Morgan fingerprint density at radius 3 is 2.85 bits per heavy atom. The van der Waals surface area contributed by atoms with E-state index in [0.717, 1.165) is 5.75 Å². The van der Waals surface area contributed by atoms with Crippen LogP contribution in [0.15, 0.2) is 40.5 Å². The number of thiophene rings is 1. The second-order valence-electron chi connectivity index (χ2n) is 5.53. The second kappa shape index (κ2) is 8.24. The molecule has 7 nitrogen and oxygen atoms in total. The Morgan fingerprint density at radius 2 is 2.08 bits per heavy atom. The summed E-state index contributed by atoms with van der Waals surface area (Å²) < 4.78 is 5.16. The zero-order chi connectivity index (χ0) is 18.5. The number of thioether (sulfide) groups is 1. The van der Waals surface area contributed by atoms with Gasteiger partial charge in [0, 0.05) is 16.3 Å². The lowest BCUT2D eigenvalue weighted by Gasteiger charge is -2.13. The summed E-state index contributed by atoms with van der Waals surface area (Å²) >= 11 is 3.08. The van der Waals surface area contributed by atoms with Crippen LogP contribution < -0.4 is 11.0 Å². The Morgan fingerprint density at radius 1 is 1.27 bits per heavy atom. The summed E-state index contributed by atoms with van der Waals surface area (Å²) in [4.78, 5) is 41.7. The zero-order valence-electron chi connectivity index (χ0n) is 13.9. The average Bonchev–Trinajstić information content (AvgIpc) is 3.22. The van der Waals surface area contributed by atoms with Crippen LogP contribution in [0.5, 0.6) is 0 Å². The summed E-state index contributed by atoms with van der Waals surface area (Å²) in [5, 5.41) is 4.66. The SMILES string of the molecule is C[C@H](OC(=O)CSCc1cccs1)C(=O)Nc1ccc2[nH]c(=O)[nH]c2c1. The number of aromatic amines is 2. The molecule has 136 valence electrons. The quantitative estimate of drug-likeness (QED) is 0.537. The summed E-state index contributed by atoms with van der Waals surface area (Å²) in [5.74, 6) is 0.0624. The summed E-state index contributed by atoms with van der Waals surface area (Å²) in [6.45, 7) is 1.52. The van der Waals surface area contributed by atoms with E-state index in [1.165, 1.54) is 23.6 Å². The lowest BCUT2D eigenvalue weighted by molar-refractivity contribution is -0.150. The molecule has 9 heteroatoms. The normalized spacial score (nSPS) is 12.0. The van der Waals surface area contributed by atoms with E-state index in [9.17, 15) is 14.4 Å². The van der Waals surface area contributed by atoms with Gasteiger partial charge in [-0.15, -0.1) is 23.1 Å². The molecule has 3 rings (SSSR count). The first kappa shape index (κ1) is 18.3.